The van der Waals surface area contributed by atoms with Crippen LogP contribution in [-0.2, 0) is 11.3 Å². The maximum absolute atomic E-state index is 12.0. The molecule has 3 heterocycles. The van der Waals surface area contributed by atoms with Crippen LogP contribution >= 0.6 is 11.3 Å². The fourth-order valence-electron chi connectivity index (χ4n) is 2.62. The largest absolute Gasteiger partial charge is 0.462 e. The average Bonchev–Trinajstić information content (AvgIpc) is 3.18. The predicted molar refractivity (Wildman–Crippen MR) is 96.0 cm³/mol. The molecule has 3 aromatic heterocycles. The highest BCUT2D eigenvalue weighted by atomic mass is 32.1. The van der Waals surface area contributed by atoms with Crippen LogP contribution in [0.4, 0.5) is 0 Å². The summed E-state index contributed by atoms with van der Waals surface area (Å²) in [6.07, 6.45) is 1.50. The summed E-state index contributed by atoms with van der Waals surface area (Å²) in [6, 6.07) is 7.59. The Balaban J connectivity index is 2.01. The van der Waals surface area contributed by atoms with Crippen LogP contribution in [0.5, 0.6) is 0 Å². The number of pyridine rings is 1. The number of aromatic nitrogens is 3. The molecule has 0 amide bonds. The lowest BCUT2D eigenvalue weighted by Gasteiger charge is -2.07. The van der Waals surface area contributed by atoms with Crippen molar-refractivity contribution in [3.8, 4) is 16.4 Å². The smallest absolute Gasteiger partial charge is 0.341 e. The third-order valence-corrected chi connectivity index (χ3v) is 4.91. The van der Waals surface area contributed by atoms with Crippen molar-refractivity contribution in [3.05, 3.63) is 52.2 Å². The van der Waals surface area contributed by atoms with Gasteiger partial charge in [-0.1, -0.05) is 6.07 Å². The lowest BCUT2D eigenvalue weighted by atomic mass is 10.2. The second-order valence-corrected chi connectivity index (χ2v) is 6.78. The SMILES string of the molecule is CCOC(=O)c1cnn(-c2cccc(-c3sc(C)cc3CO)n2)c1C. The minimum absolute atomic E-state index is 0.0284. The first kappa shape index (κ1) is 17.3. The summed E-state index contributed by atoms with van der Waals surface area (Å²) in [7, 11) is 0. The van der Waals surface area contributed by atoms with Gasteiger partial charge in [0.25, 0.3) is 0 Å². The average molecular weight is 357 g/mol. The first-order valence-corrected chi connectivity index (χ1v) is 8.76. The third kappa shape index (κ3) is 3.33. The molecule has 0 atom stereocenters. The van der Waals surface area contributed by atoms with Gasteiger partial charge in [-0.05, 0) is 44.5 Å². The van der Waals surface area contributed by atoms with Crippen molar-refractivity contribution in [2.24, 2.45) is 0 Å². The van der Waals surface area contributed by atoms with E-state index in [2.05, 4.69) is 10.1 Å². The van der Waals surface area contributed by atoms with Gasteiger partial charge in [0.1, 0.15) is 5.56 Å². The zero-order chi connectivity index (χ0) is 18.0. The van der Waals surface area contributed by atoms with E-state index >= 15 is 0 Å². The lowest BCUT2D eigenvalue weighted by Crippen LogP contribution is -2.07. The Morgan fingerprint density at radius 3 is 2.88 bits per heavy atom. The predicted octanol–water partition coefficient (Wildman–Crippen LogP) is 3.28. The van der Waals surface area contributed by atoms with E-state index in [0.717, 1.165) is 21.0 Å². The van der Waals surface area contributed by atoms with Gasteiger partial charge in [-0.2, -0.15) is 5.10 Å². The van der Waals surface area contributed by atoms with Gasteiger partial charge in [0, 0.05) is 4.88 Å². The number of thiophene rings is 1. The van der Waals surface area contributed by atoms with Gasteiger partial charge in [0.05, 0.1) is 35.7 Å². The summed E-state index contributed by atoms with van der Waals surface area (Å²) < 4.78 is 6.67. The fraction of sp³-hybridized carbons (Fsp3) is 0.278. The molecule has 0 bridgehead atoms. The minimum atomic E-state index is -0.390. The topological polar surface area (TPSA) is 77.2 Å². The molecule has 0 fully saturated rings. The van der Waals surface area contributed by atoms with Gasteiger partial charge in [-0.3, -0.25) is 0 Å². The number of aryl methyl sites for hydroxylation is 1. The molecule has 0 aliphatic rings. The molecule has 0 aliphatic heterocycles. The molecule has 0 aliphatic carbocycles. The second-order valence-electron chi connectivity index (χ2n) is 5.53. The van der Waals surface area contributed by atoms with E-state index in [0.29, 0.717) is 23.7 Å². The second kappa shape index (κ2) is 7.16. The first-order chi connectivity index (χ1) is 12.0. The van der Waals surface area contributed by atoms with Crippen LogP contribution in [0.15, 0.2) is 30.5 Å². The van der Waals surface area contributed by atoms with Gasteiger partial charge in [0.15, 0.2) is 5.82 Å². The molecule has 3 aromatic rings. The molecule has 1 N–H and O–H groups in total. The molecule has 25 heavy (non-hydrogen) atoms. The highest BCUT2D eigenvalue weighted by Crippen LogP contribution is 2.32. The highest BCUT2D eigenvalue weighted by molar-refractivity contribution is 7.15. The third-order valence-electron chi connectivity index (χ3n) is 3.79. The highest BCUT2D eigenvalue weighted by Gasteiger charge is 2.17. The molecule has 0 radical (unpaired) electrons. The molecule has 7 heteroatoms. The number of ether oxygens (including phenoxy) is 1. The van der Waals surface area contributed by atoms with Crippen LogP contribution in [0, 0.1) is 13.8 Å². The minimum Gasteiger partial charge on any atom is -0.462 e. The zero-order valence-corrected chi connectivity index (χ0v) is 15.1. The van der Waals surface area contributed by atoms with Crippen molar-refractivity contribution in [2.75, 3.05) is 6.61 Å². The summed E-state index contributed by atoms with van der Waals surface area (Å²) in [4.78, 5) is 18.7. The summed E-state index contributed by atoms with van der Waals surface area (Å²) >= 11 is 1.59. The number of hydrogen-bond acceptors (Lipinski definition) is 6. The maximum atomic E-state index is 12.0. The molecule has 130 valence electrons. The Morgan fingerprint density at radius 1 is 1.36 bits per heavy atom. The number of rotatable bonds is 5. The summed E-state index contributed by atoms with van der Waals surface area (Å²) in [5, 5.41) is 13.8. The quantitative estimate of drug-likeness (QED) is 0.709. The van der Waals surface area contributed by atoms with E-state index in [1.807, 2.05) is 38.1 Å². The van der Waals surface area contributed by atoms with Crippen LogP contribution in [0.1, 0.15) is 33.4 Å². The van der Waals surface area contributed by atoms with Crippen LogP contribution in [0.3, 0.4) is 0 Å². The molecular weight excluding hydrogens is 338 g/mol. The van der Waals surface area contributed by atoms with E-state index in [1.165, 1.54) is 6.20 Å². The number of hydrogen-bond donors (Lipinski definition) is 1. The van der Waals surface area contributed by atoms with Gasteiger partial charge in [-0.15, -0.1) is 11.3 Å². The van der Waals surface area contributed by atoms with E-state index in [4.69, 9.17) is 4.74 Å². The Labute approximate surface area is 149 Å². The Morgan fingerprint density at radius 2 is 2.16 bits per heavy atom. The molecule has 0 spiro atoms. The number of aliphatic hydroxyl groups excluding tert-OH is 1. The van der Waals surface area contributed by atoms with Crippen molar-refractivity contribution in [1.29, 1.82) is 0 Å². The molecule has 0 unspecified atom stereocenters. The Kier molecular flexibility index (Phi) is 4.96. The van der Waals surface area contributed by atoms with Crippen LogP contribution in [0.25, 0.3) is 16.4 Å². The number of aliphatic hydroxyl groups is 1. The van der Waals surface area contributed by atoms with Crippen LogP contribution < -0.4 is 0 Å². The number of esters is 1. The molecular formula is C18H19N3O3S. The van der Waals surface area contributed by atoms with Crippen molar-refractivity contribution < 1.29 is 14.6 Å². The first-order valence-electron chi connectivity index (χ1n) is 7.94. The van der Waals surface area contributed by atoms with E-state index in [-0.39, 0.29) is 12.6 Å². The van der Waals surface area contributed by atoms with Gasteiger partial charge in [-0.25, -0.2) is 14.5 Å². The van der Waals surface area contributed by atoms with Crippen molar-refractivity contribution in [2.45, 2.75) is 27.4 Å². The number of carbonyl (C=O) groups is 1. The van der Waals surface area contributed by atoms with E-state index in [9.17, 15) is 9.90 Å². The molecule has 0 saturated heterocycles. The van der Waals surface area contributed by atoms with Crippen LogP contribution in [0.2, 0.25) is 0 Å². The fourth-order valence-corrected chi connectivity index (χ4v) is 3.61. The van der Waals surface area contributed by atoms with Crippen molar-refractivity contribution >= 4 is 17.3 Å². The van der Waals surface area contributed by atoms with Crippen molar-refractivity contribution in [1.82, 2.24) is 14.8 Å². The Hall–Kier alpha value is -2.51. The van der Waals surface area contributed by atoms with Gasteiger partial charge < -0.3 is 9.84 Å². The standard InChI is InChI=1S/C18H19N3O3S/c1-4-24-18(23)14-9-19-21(12(14)3)16-7-5-6-15(20-16)17-13(10-22)8-11(2)25-17/h5-9,22H,4,10H2,1-3H3. The summed E-state index contributed by atoms with van der Waals surface area (Å²) in [5.41, 5.74) is 2.73. The van der Waals surface area contributed by atoms with Crippen LogP contribution in [-0.4, -0.2) is 32.4 Å². The van der Waals surface area contributed by atoms with Gasteiger partial charge >= 0.3 is 5.97 Å². The number of carbonyl (C=O) groups excluding carboxylic acids is 1. The monoisotopic (exact) mass is 357 g/mol. The van der Waals surface area contributed by atoms with E-state index in [1.54, 1.807) is 22.9 Å². The van der Waals surface area contributed by atoms with Crippen molar-refractivity contribution in [3.63, 3.8) is 0 Å². The lowest BCUT2D eigenvalue weighted by molar-refractivity contribution is 0.0525. The molecule has 6 nitrogen and oxygen atoms in total. The van der Waals surface area contributed by atoms with E-state index < -0.39 is 0 Å². The summed E-state index contributed by atoms with van der Waals surface area (Å²) in [6.45, 7) is 5.87. The molecule has 3 rings (SSSR count). The Bertz CT molecular complexity index is 914. The van der Waals surface area contributed by atoms with Gasteiger partial charge in [0.2, 0.25) is 0 Å². The zero-order valence-electron chi connectivity index (χ0n) is 14.3. The molecule has 0 saturated carbocycles. The normalized spacial score (nSPS) is 10.9. The maximum Gasteiger partial charge on any atom is 0.341 e. The molecule has 0 aromatic carbocycles. The summed E-state index contributed by atoms with van der Waals surface area (Å²) in [5.74, 6) is 0.222. The number of nitrogens with zero attached hydrogens (tertiary/aromatic N) is 3.